The number of hydrogen-bond acceptors (Lipinski definition) is 5. The highest BCUT2D eigenvalue weighted by atomic mass is 16.5. The van der Waals surface area contributed by atoms with Gasteiger partial charge < -0.3 is 15.8 Å². The van der Waals surface area contributed by atoms with Crippen LogP contribution in [0, 0.1) is 5.92 Å². The topological polar surface area (TPSA) is 93.8 Å². The molecule has 0 aliphatic carbocycles. The summed E-state index contributed by atoms with van der Waals surface area (Å²) >= 11 is 0. The minimum atomic E-state index is -1.11. The average molecular weight is 496 g/mol. The number of nitrogens with zero attached hydrogens (tertiary/aromatic N) is 1. The van der Waals surface area contributed by atoms with Crippen LogP contribution in [0.15, 0.2) is 77.8 Å². The van der Waals surface area contributed by atoms with Crippen molar-refractivity contribution in [3.8, 4) is 16.9 Å². The lowest BCUT2D eigenvalue weighted by Gasteiger charge is -2.42. The number of hydrogen-bond donors (Lipinski definition) is 2. The van der Waals surface area contributed by atoms with Gasteiger partial charge in [-0.25, -0.2) is 0 Å². The molecule has 6 nitrogen and oxygen atoms in total. The molecule has 0 bridgehead atoms. The van der Waals surface area contributed by atoms with E-state index in [-0.39, 0.29) is 23.7 Å². The number of Topliss-reactive ketones (excluding diaryl/α,β-unsaturated/α-hetero) is 1. The van der Waals surface area contributed by atoms with Gasteiger partial charge in [0.2, 0.25) is 0 Å². The molecule has 0 aromatic heterocycles. The molecule has 2 aliphatic heterocycles. The number of ketones is 1. The quantitative estimate of drug-likeness (QED) is 0.437. The Labute approximate surface area is 217 Å². The Hall–Kier alpha value is -3.93. The van der Waals surface area contributed by atoms with Crippen molar-refractivity contribution in [3.63, 3.8) is 0 Å². The third-order valence-electron chi connectivity index (χ3n) is 7.33. The first-order valence-corrected chi connectivity index (χ1v) is 13.0. The molecule has 2 aliphatic rings. The highest BCUT2D eigenvalue weighted by molar-refractivity contribution is 6.01. The maximum atomic E-state index is 13.8. The van der Waals surface area contributed by atoms with Crippen LogP contribution in [0.1, 0.15) is 67.1 Å². The van der Waals surface area contributed by atoms with Gasteiger partial charge in [-0.3, -0.25) is 14.6 Å². The summed E-state index contributed by atoms with van der Waals surface area (Å²) in [6.45, 7) is 4.67. The number of unbranched alkanes of at least 4 members (excludes halogenated alkanes) is 1. The first-order valence-electron chi connectivity index (χ1n) is 13.0. The summed E-state index contributed by atoms with van der Waals surface area (Å²) in [4.78, 5) is 31.3. The Morgan fingerprint density at radius 1 is 1.08 bits per heavy atom. The molecule has 0 saturated carbocycles. The molecule has 3 aromatic rings. The maximum absolute atomic E-state index is 13.8. The van der Waals surface area contributed by atoms with Gasteiger partial charge in [-0.05, 0) is 47.4 Å². The number of rotatable bonds is 6. The van der Waals surface area contributed by atoms with E-state index in [4.69, 9.17) is 15.5 Å². The van der Waals surface area contributed by atoms with Crippen LogP contribution in [-0.4, -0.2) is 24.1 Å². The van der Waals surface area contributed by atoms with E-state index in [1.807, 2.05) is 79.7 Å². The van der Waals surface area contributed by atoms with Crippen LogP contribution in [0.25, 0.3) is 11.1 Å². The molecule has 0 saturated heterocycles. The van der Waals surface area contributed by atoms with Gasteiger partial charge in [0.25, 0.3) is 5.91 Å². The summed E-state index contributed by atoms with van der Waals surface area (Å²) in [6.07, 6.45) is 2.49. The SMILES string of the molecule is CCCCNC(=O)c1cccc(-c2ccc3c(c2)[C@]2(C[C@@H](c4ccccc4)O3)N=C(N)CC(C)C2=O)c1. The Balaban J connectivity index is 1.57. The zero-order valence-electron chi connectivity index (χ0n) is 21.4. The number of carbonyl (C=O) groups is 2. The molecule has 1 unspecified atom stereocenters. The van der Waals surface area contributed by atoms with Crippen LogP contribution in [-0.2, 0) is 10.3 Å². The monoisotopic (exact) mass is 495 g/mol. The van der Waals surface area contributed by atoms with Gasteiger partial charge >= 0.3 is 0 Å². The number of ether oxygens (including phenoxy) is 1. The number of aliphatic imine (C=N–C) groups is 1. The zero-order valence-corrected chi connectivity index (χ0v) is 21.4. The van der Waals surface area contributed by atoms with Crippen molar-refractivity contribution in [1.29, 1.82) is 0 Å². The van der Waals surface area contributed by atoms with Crippen molar-refractivity contribution < 1.29 is 14.3 Å². The molecule has 1 spiro atoms. The number of nitrogens with one attached hydrogen (secondary N) is 1. The van der Waals surface area contributed by atoms with Gasteiger partial charge in [-0.1, -0.05) is 68.8 Å². The van der Waals surface area contributed by atoms with Gasteiger partial charge in [-0.15, -0.1) is 0 Å². The van der Waals surface area contributed by atoms with E-state index in [0.717, 1.165) is 35.1 Å². The van der Waals surface area contributed by atoms with E-state index >= 15 is 0 Å². The smallest absolute Gasteiger partial charge is 0.251 e. The fraction of sp³-hybridized carbons (Fsp3) is 0.323. The minimum absolute atomic E-state index is 0.0633. The Kier molecular flexibility index (Phi) is 6.83. The summed E-state index contributed by atoms with van der Waals surface area (Å²) in [6, 6.07) is 23.3. The first-order chi connectivity index (χ1) is 17.9. The molecule has 5 rings (SSSR count). The second kappa shape index (κ2) is 10.2. The molecule has 3 atom stereocenters. The molecular weight excluding hydrogens is 462 g/mol. The summed E-state index contributed by atoms with van der Waals surface area (Å²) in [5, 5.41) is 2.98. The van der Waals surface area contributed by atoms with E-state index in [1.54, 1.807) is 0 Å². The Morgan fingerprint density at radius 3 is 2.65 bits per heavy atom. The lowest BCUT2D eigenvalue weighted by Crippen LogP contribution is -2.48. The minimum Gasteiger partial charge on any atom is -0.485 e. The van der Waals surface area contributed by atoms with Gasteiger partial charge in [0, 0.05) is 36.4 Å². The summed E-state index contributed by atoms with van der Waals surface area (Å²) in [5.41, 5.74) is 9.30. The van der Waals surface area contributed by atoms with Crippen molar-refractivity contribution in [2.24, 2.45) is 16.6 Å². The molecular formula is C31H33N3O3. The molecule has 1 amide bonds. The molecule has 0 radical (unpaired) electrons. The molecule has 190 valence electrons. The largest absolute Gasteiger partial charge is 0.485 e. The summed E-state index contributed by atoms with van der Waals surface area (Å²) < 4.78 is 6.45. The average Bonchev–Trinajstić information content (AvgIpc) is 2.92. The van der Waals surface area contributed by atoms with Gasteiger partial charge in [-0.2, -0.15) is 0 Å². The molecule has 3 N–H and O–H groups in total. The fourth-order valence-electron chi connectivity index (χ4n) is 5.38. The van der Waals surface area contributed by atoms with E-state index in [2.05, 4.69) is 12.2 Å². The van der Waals surface area contributed by atoms with Crippen molar-refractivity contribution >= 4 is 17.5 Å². The molecule has 0 fully saturated rings. The third-order valence-corrected chi connectivity index (χ3v) is 7.33. The highest BCUT2D eigenvalue weighted by Gasteiger charge is 2.51. The molecule has 37 heavy (non-hydrogen) atoms. The number of nitrogens with two attached hydrogens (primary N) is 1. The van der Waals surface area contributed by atoms with Crippen molar-refractivity contribution in [3.05, 3.63) is 89.5 Å². The van der Waals surface area contributed by atoms with E-state index in [1.165, 1.54) is 0 Å². The molecule has 6 heteroatoms. The lowest BCUT2D eigenvalue weighted by molar-refractivity contribution is -0.130. The fourth-order valence-corrected chi connectivity index (χ4v) is 5.38. The van der Waals surface area contributed by atoms with Gasteiger partial charge in [0.1, 0.15) is 11.9 Å². The van der Waals surface area contributed by atoms with Crippen LogP contribution in [0.3, 0.4) is 0 Å². The van der Waals surface area contributed by atoms with E-state index in [9.17, 15) is 9.59 Å². The van der Waals surface area contributed by atoms with Crippen LogP contribution in [0.5, 0.6) is 5.75 Å². The third kappa shape index (κ3) is 4.76. The predicted octanol–water partition coefficient (Wildman–Crippen LogP) is 5.57. The van der Waals surface area contributed by atoms with Crippen LogP contribution in [0.2, 0.25) is 0 Å². The summed E-state index contributed by atoms with van der Waals surface area (Å²) in [7, 11) is 0. The number of amides is 1. The van der Waals surface area contributed by atoms with Crippen molar-refractivity contribution in [2.75, 3.05) is 6.54 Å². The number of benzene rings is 3. The Bertz CT molecular complexity index is 1350. The normalized spacial score (nSPS) is 22.6. The van der Waals surface area contributed by atoms with Crippen LogP contribution >= 0.6 is 0 Å². The van der Waals surface area contributed by atoms with Gasteiger partial charge in [0.05, 0.1) is 5.84 Å². The zero-order chi connectivity index (χ0) is 26.0. The standard InChI is InChI=1S/C31H33N3O3/c1-3-4-15-33-30(36)24-12-8-11-22(17-24)23-13-14-26-25(18-23)31(29(35)20(2)16-28(32)34-31)19-27(37-26)21-9-6-5-7-10-21/h5-14,17-18,20,27H,3-4,15-16,19H2,1-2H3,(H2,32,34)(H,33,36)/t20?,27-,31-/m0/s1. The number of amidine groups is 1. The lowest BCUT2D eigenvalue weighted by atomic mass is 9.71. The molecule has 2 heterocycles. The van der Waals surface area contributed by atoms with Gasteiger partial charge in [0.15, 0.2) is 11.3 Å². The van der Waals surface area contributed by atoms with Crippen LogP contribution < -0.4 is 15.8 Å². The van der Waals surface area contributed by atoms with Crippen molar-refractivity contribution in [1.82, 2.24) is 5.32 Å². The summed E-state index contributed by atoms with van der Waals surface area (Å²) in [5.74, 6) is 0.860. The Morgan fingerprint density at radius 2 is 1.86 bits per heavy atom. The van der Waals surface area contributed by atoms with E-state index in [0.29, 0.717) is 36.5 Å². The second-order valence-electron chi connectivity index (χ2n) is 10.1. The van der Waals surface area contributed by atoms with Crippen molar-refractivity contribution in [2.45, 2.75) is 51.2 Å². The highest BCUT2D eigenvalue weighted by Crippen LogP contribution is 2.51. The van der Waals surface area contributed by atoms with E-state index < -0.39 is 5.54 Å². The maximum Gasteiger partial charge on any atom is 0.251 e. The first kappa shape index (κ1) is 24.8. The second-order valence-corrected chi connectivity index (χ2v) is 10.1. The number of fused-ring (bicyclic) bond motifs is 2. The number of carbonyl (C=O) groups excluding carboxylic acids is 2. The molecule has 3 aromatic carbocycles. The predicted molar refractivity (Wildman–Crippen MR) is 146 cm³/mol. The van der Waals surface area contributed by atoms with Crippen LogP contribution in [0.4, 0.5) is 0 Å².